The second-order valence-corrected chi connectivity index (χ2v) is 16.0. The molecule has 3 aromatic rings. The molecule has 1 aromatic carbocycles. The Morgan fingerprint density at radius 3 is 2.68 bits per heavy atom. The molecule has 7 rings (SSSR count). The summed E-state index contributed by atoms with van der Waals surface area (Å²) >= 11 is 1.27. The van der Waals surface area contributed by atoms with Gasteiger partial charge in [0.25, 0.3) is 5.91 Å². The third-order valence-electron chi connectivity index (χ3n) is 10.1. The molecule has 14 heteroatoms. The summed E-state index contributed by atoms with van der Waals surface area (Å²) in [6.07, 6.45) is 7.92. The van der Waals surface area contributed by atoms with Crippen LogP contribution >= 0.6 is 18.9 Å². The van der Waals surface area contributed by atoms with Crippen molar-refractivity contribution in [2.45, 2.75) is 74.8 Å². The Balaban J connectivity index is 1.01. The van der Waals surface area contributed by atoms with Crippen LogP contribution in [0, 0.1) is 0 Å². The van der Waals surface area contributed by atoms with Gasteiger partial charge in [0.15, 0.2) is 0 Å². The minimum atomic E-state index is -4.22. The van der Waals surface area contributed by atoms with Crippen molar-refractivity contribution >= 4 is 52.4 Å². The molecule has 0 saturated carbocycles. The van der Waals surface area contributed by atoms with Crippen molar-refractivity contribution in [1.82, 2.24) is 20.1 Å². The summed E-state index contributed by atoms with van der Waals surface area (Å²) in [5, 5.41) is 3.66. The molecule has 3 amide bonds. The number of likely N-dealkylation sites (tertiary alicyclic amines) is 1. The Morgan fingerprint density at radius 2 is 1.94 bits per heavy atom. The summed E-state index contributed by atoms with van der Waals surface area (Å²) in [5.74, 6) is -0.402. The number of hydrogen-bond acceptors (Lipinski definition) is 8. The van der Waals surface area contributed by atoms with Gasteiger partial charge >= 0.3 is 7.60 Å². The van der Waals surface area contributed by atoms with E-state index in [1.165, 1.54) is 11.3 Å². The third kappa shape index (κ3) is 6.44. The minimum absolute atomic E-state index is 0.0127. The maximum atomic E-state index is 14.0. The van der Waals surface area contributed by atoms with Gasteiger partial charge in [-0.15, -0.1) is 11.3 Å². The summed E-state index contributed by atoms with van der Waals surface area (Å²) in [6.45, 7) is 2.83. The Bertz CT molecular complexity index is 1740. The number of aromatic nitrogens is 1. The van der Waals surface area contributed by atoms with Gasteiger partial charge in [0.1, 0.15) is 12.1 Å². The number of rotatable bonds is 9. The zero-order valence-corrected chi connectivity index (χ0v) is 28.0. The van der Waals surface area contributed by atoms with Crippen LogP contribution < -0.4 is 10.2 Å². The number of amides is 3. The number of nitrogens with one attached hydrogen (secondary N) is 1. The predicted molar refractivity (Wildman–Crippen MR) is 178 cm³/mol. The fourth-order valence-corrected chi connectivity index (χ4v) is 9.29. The largest absolute Gasteiger partial charge is 0.383 e. The highest BCUT2D eigenvalue weighted by Crippen LogP contribution is 2.41. The normalized spacial score (nSPS) is 24.9. The van der Waals surface area contributed by atoms with E-state index in [4.69, 9.17) is 4.74 Å². The molecule has 4 atom stereocenters. The Morgan fingerprint density at radius 1 is 1.11 bits per heavy atom. The highest BCUT2D eigenvalue weighted by Gasteiger charge is 2.48. The lowest BCUT2D eigenvalue weighted by Gasteiger charge is -2.47. The molecule has 47 heavy (non-hydrogen) atoms. The van der Waals surface area contributed by atoms with Crippen LogP contribution in [0.5, 0.6) is 0 Å². The van der Waals surface area contributed by atoms with Crippen molar-refractivity contribution in [3.05, 3.63) is 58.7 Å². The van der Waals surface area contributed by atoms with Gasteiger partial charge < -0.3 is 34.5 Å². The van der Waals surface area contributed by atoms with Crippen LogP contribution in [0.3, 0.4) is 0 Å². The molecule has 4 fully saturated rings. The van der Waals surface area contributed by atoms with Gasteiger partial charge in [0, 0.05) is 67.0 Å². The van der Waals surface area contributed by atoms with Crippen molar-refractivity contribution < 1.29 is 33.5 Å². The molecule has 0 aliphatic carbocycles. The first-order valence-electron chi connectivity index (χ1n) is 16.3. The Kier molecular flexibility index (Phi) is 8.86. The number of anilines is 1. The summed E-state index contributed by atoms with van der Waals surface area (Å²) in [5.41, 5.74) is 2.80. The number of carbonyl (C=O) groups excluding carboxylic acids is 3. The summed E-state index contributed by atoms with van der Waals surface area (Å²) in [7, 11) is -2.50. The van der Waals surface area contributed by atoms with Gasteiger partial charge in [-0.25, -0.2) is 0 Å². The predicted octanol–water partition coefficient (Wildman–Crippen LogP) is 3.47. The highest BCUT2D eigenvalue weighted by molar-refractivity contribution is 7.50. The number of nitrogens with zero attached hydrogens (tertiary/aromatic N) is 4. The lowest BCUT2D eigenvalue weighted by Crippen LogP contribution is -2.59. The lowest BCUT2D eigenvalue weighted by molar-refractivity contribution is -0.148. The van der Waals surface area contributed by atoms with E-state index in [0.717, 1.165) is 53.6 Å². The molecule has 0 bridgehead atoms. The van der Waals surface area contributed by atoms with E-state index in [1.54, 1.807) is 36.3 Å². The maximum Gasteiger partial charge on any atom is 0.329 e. The molecule has 4 saturated heterocycles. The average molecular weight is 682 g/mol. The van der Waals surface area contributed by atoms with Gasteiger partial charge in [-0.1, -0.05) is 6.07 Å². The van der Waals surface area contributed by atoms with E-state index in [2.05, 4.69) is 21.3 Å². The van der Waals surface area contributed by atoms with Gasteiger partial charge in [-0.2, -0.15) is 0 Å². The Hall–Kier alpha value is -3.35. The molecule has 4 aliphatic heterocycles. The van der Waals surface area contributed by atoms with E-state index < -0.39 is 19.7 Å². The van der Waals surface area contributed by atoms with Gasteiger partial charge in [0.05, 0.1) is 23.7 Å². The Labute approximate surface area is 277 Å². The number of methoxy groups -OCH3 is 1. The summed E-state index contributed by atoms with van der Waals surface area (Å²) in [4.78, 5) is 70.7. The quantitative estimate of drug-likeness (QED) is 0.289. The third-order valence-corrected chi connectivity index (χ3v) is 12.0. The van der Waals surface area contributed by atoms with Crippen molar-refractivity contribution in [3.63, 3.8) is 0 Å². The highest BCUT2D eigenvalue weighted by atomic mass is 32.1. The second kappa shape index (κ2) is 12.9. The number of ether oxygens (including phenoxy) is 1. The molecular weight excluding hydrogens is 641 g/mol. The summed E-state index contributed by atoms with van der Waals surface area (Å²) in [6, 6.07) is 7.91. The average Bonchev–Trinajstić information content (AvgIpc) is 3.58. The van der Waals surface area contributed by atoms with Crippen molar-refractivity contribution in [2.24, 2.45) is 0 Å². The first-order chi connectivity index (χ1) is 22.6. The smallest absolute Gasteiger partial charge is 0.329 e. The topological polar surface area (TPSA) is 153 Å². The molecule has 6 heterocycles. The number of carbonyl (C=O) groups is 3. The first-order valence-corrected chi connectivity index (χ1v) is 18.9. The lowest BCUT2D eigenvalue weighted by atomic mass is 9.88. The van der Waals surface area contributed by atoms with Crippen molar-refractivity contribution in [1.29, 1.82) is 0 Å². The van der Waals surface area contributed by atoms with Crippen LogP contribution in [0.2, 0.25) is 0 Å². The first kappa shape index (κ1) is 32.2. The van der Waals surface area contributed by atoms with Crippen LogP contribution in [0.1, 0.15) is 65.2 Å². The number of benzene rings is 1. The van der Waals surface area contributed by atoms with Crippen molar-refractivity contribution in [2.75, 3.05) is 38.3 Å². The molecule has 250 valence electrons. The molecule has 1 unspecified atom stereocenters. The molecule has 12 nitrogen and oxygen atoms in total. The van der Waals surface area contributed by atoms with E-state index in [9.17, 15) is 28.7 Å². The minimum Gasteiger partial charge on any atom is -0.383 e. The second-order valence-electron chi connectivity index (χ2n) is 13.2. The molecule has 2 aromatic heterocycles. The molecule has 4 aliphatic rings. The number of hydrogen-bond donors (Lipinski definition) is 3. The zero-order chi connectivity index (χ0) is 32.9. The van der Waals surface area contributed by atoms with Gasteiger partial charge in [-0.3, -0.25) is 23.9 Å². The number of pyridine rings is 1. The maximum absolute atomic E-state index is 14.0. The van der Waals surface area contributed by atoms with Crippen LogP contribution in [0.25, 0.3) is 10.1 Å². The van der Waals surface area contributed by atoms with Gasteiger partial charge in [0.2, 0.25) is 11.8 Å². The van der Waals surface area contributed by atoms with Crippen LogP contribution in [-0.4, -0.2) is 99.8 Å². The van der Waals surface area contributed by atoms with E-state index >= 15 is 0 Å². The van der Waals surface area contributed by atoms with Crippen LogP contribution in [0.15, 0.2) is 42.7 Å². The zero-order valence-electron chi connectivity index (χ0n) is 26.3. The fraction of sp³-hybridized carbons (Fsp3) is 0.515. The van der Waals surface area contributed by atoms with Gasteiger partial charge in [-0.05, 0) is 73.7 Å². The van der Waals surface area contributed by atoms with E-state index in [1.807, 2.05) is 17.3 Å². The van der Waals surface area contributed by atoms with Crippen LogP contribution in [-0.2, 0) is 25.1 Å². The molecule has 0 spiro atoms. The number of thiophene rings is 1. The fourth-order valence-electron chi connectivity index (χ4n) is 7.67. The molecule has 0 radical (unpaired) electrons. The SMILES string of the molecule is COC[C@@H]1CCN1c1ccncc1C1CN(C(=O)[C@@H]2CC[C@@H]3CCCC(NC(=O)c4cc5cc(CP(=O)(O)O)ccc5s4)C(=O)N32)C1. The molecule has 3 N–H and O–H groups in total. The van der Waals surface area contributed by atoms with Crippen LogP contribution in [0.4, 0.5) is 5.69 Å². The molecular formula is C33H40N5O7PS. The van der Waals surface area contributed by atoms with E-state index in [0.29, 0.717) is 49.0 Å². The van der Waals surface area contributed by atoms with E-state index in [-0.39, 0.29) is 35.8 Å². The number of fused-ring (bicyclic) bond motifs is 2. The standard InChI is InChI=1S/C33H40N5O7PS/c1-45-18-24-10-12-37(24)27-9-11-34-15-25(27)22-16-36(17-22)33(41)28-7-6-23-3-2-4-26(32(40)38(23)28)35-31(39)30-14-21-13-20(19-46(42,43)44)5-8-29(21)47-30/h5,8-9,11,13-15,22-24,26,28H,2-4,6-7,10,12,16-19H2,1H3,(H,35,39)(H2,42,43,44)/t23-,24-,26?,28-/m0/s1. The summed E-state index contributed by atoms with van der Waals surface area (Å²) < 4.78 is 17.7. The monoisotopic (exact) mass is 681 g/mol. The van der Waals surface area contributed by atoms with Crippen molar-refractivity contribution in [3.8, 4) is 0 Å².